The van der Waals surface area contributed by atoms with Crippen molar-refractivity contribution in [2.24, 2.45) is 5.92 Å². The normalized spacial score (nSPS) is 19.8. The second-order valence-corrected chi connectivity index (χ2v) is 6.90. The van der Waals surface area contributed by atoms with Gasteiger partial charge in [0, 0.05) is 16.1 Å². The van der Waals surface area contributed by atoms with Gasteiger partial charge in [-0.1, -0.05) is 34.5 Å². The Bertz CT molecular complexity index is 808. The molecule has 0 unspecified atom stereocenters. The number of nitrogens with zero attached hydrogens (tertiary/aromatic N) is 3. The third-order valence-electron chi connectivity index (χ3n) is 4.24. The minimum atomic E-state index is -0.817. The molecule has 25 heavy (non-hydrogen) atoms. The fraction of sp³-hybridized carbons (Fsp3) is 0.375. The standard InChI is InChI=1S/C16H16Cl2N4O3/c17-11-3-1-10(13(18)6-11)7-22-8-14(20-21-22)15(23)19-12-4-2-9(5-12)16(24)25/h1,3,6,8-9,12H,2,4-5,7H2,(H,19,23)(H,24,25)/t9-,12+/m0/s1. The third kappa shape index (κ3) is 4.29. The summed E-state index contributed by atoms with van der Waals surface area (Å²) in [5, 5.41) is 20.7. The predicted molar refractivity (Wildman–Crippen MR) is 91.8 cm³/mol. The Balaban J connectivity index is 1.61. The lowest BCUT2D eigenvalue weighted by Crippen LogP contribution is -2.33. The van der Waals surface area contributed by atoms with E-state index in [0.717, 1.165) is 5.56 Å². The number of hydrogen-bond donors (Lipinski definition) is 2. The molecule has 0 spiro atoms. The number of nitrogens with one attached hydrogen (secondary N) is 1. The smallest absolute Gasteiger partial charge is 0.306 e. The highest BCUT2D eigenvalue weighted by molar-refractivity contribution is 6.35. The van der Waals surface area contributed by atoms with Crippen LogP contribution in [0.15, 0.2) is 24.4 Å². The van der Waals surface area contributed by atoms with Crippen LogP contribution in [-0.2, 0) is 11.3 Å². The van der Waals surface area contributed by atoms with Crippen LogP contribution in [0.5, 0.6) is 0 Å². The molecule has 2 N–H and O–H groups in total. The lowest BCUT2D eigenvalue weighted by Gasteiger charge is -2.10. The zero-order chi connectivity index (χ0) is 18.0. The van der Waals surface area contributed by atoms with Crippen LogP contribution in [0.25, 0.3) is 0 Å². The summed E-state index contributed by atoms with van der Waals surface area (Å²) < 4.78 is 1.51. The number of carboxylic acid groups (broad SMARTS) is 1. The second kappa shape index (κ2) is 7.41. The predicted octanol–water partition coefficient (Wildman–Crippen LogP) is 2.62. The van der Waals surface area contributed by atoms with Gasteiger partial charge < -0.3 is 10.4 Å². The van der Waals surface area contributed by atoms with Crippen LogP contribution in [-0.4, -0.2) is 38.0 Å². The maximum absolute atomic E-state index is 12.2. The molecule has 0 saturated heterocycles. The Morgan fingerprint density at radius 2 is 2.12 bits per heavy atom. The summed E-state index contributed by atoms with van der Waals surface area (Å²) in [5.41, 5.74) is 0.992. The number of aromatic nitrogens is 3. The minimum absolute atomic E-state index is 0.149. The number of amides is 1. The summed E-state index contributed by atoms with van der Waals surface area (Å²) >= 11 is 12.0. The SMILES string of the molecule is O=C(N[C@@H]1CC[C@H](C(=O)O)C1)c1cn(Cc2ccc(Cl)cc2Cl)nn1. The lowest BCUT2D eigenvalue weighted by atomic mass is 10.1. The van der Waals surface area contributed by atoms with Gasteiger partial charge >= 0.3 is 5.97 Å². The van der Waals surface area contributed by atoms with Crippen LogP contribution in [0, 0.1) is 5.92 Å². The Morgan fingerprint density at radius 3 is 2.80 bits per heavy atom. The quantitative estimate of drug-likeness (QED) is 0.827. The summed E-state index contributed by atoms with van der Waals surface area (Å²) in [5.74, 6) is -1.57. The number of benzene rings is 1. The molecule has 3 rings (SSSR count). The molecule has 1 heterocycles. The van der Waals surface area contributed by atoms with Crippen molar-refractivity contribution in [3.05, 3.63) is 45.7 Å². The van der Waals surface area contributed by atoms with Crippen molar-refractivity contribution in [1.82, 2.24) is 20.3 Å². The fourth-order valence-electron chi connectivity index (χ4n) is 2.90. The summed E-state index contributed by atoms with van der Waals surface area (Å²) in [6, 6.07) is 5.01. The molecule has 1 aliphatic carbocycles. The van der Waals surface area contributed by atoms with Crippen LogP contribution >= 0.6 is 23.2 Å². The molecule has 0 aliphatic heterocycles. The van der Waals surface area contributed by atoms with E-state index < -0.39 is 11.9 Å². The number of aliphatic carboxylic acids is 1. The van der Waals surface area contributed by atoms with Crippen LogP contribution in [0.2, 0.25) is 10.0 Å². The number of carbonyl (C=O) groups excluding carboxylic acids is 1. The molecule has 7 nitrogen and oxygen atoms in total. The largest absolute Gasteiger partial charge is 0.481 e. The van der Waals surface area contributed by atoms with E-state index in [0.29, 0.717) is 35.9 Å². The van der Waals surface area contributed by atoms with E-state index in [4.69, 9.17) is 28.3 Å². The molecule has 1 aromatic heterocycles. The highest BCUT2D eigenvalue weighted by atomic mass is 35.5. The molecule has 1 fully saturated rings. The first kappa shape index (κ1) is 17.7. The number of halogens is 2. The van der Waals surface area contributed by atoms with Crippen molar-refractivity contribution >= 4 is 35.1 Å². The van der Waals surface area contributed by atoms with Crippen molar-refractivity contribution in [2.75, 3.05) is 0 Å². The Morgan fingerprint density at radius 1 is 1.32 bits per heavy atom. The van der Waals surface area contributed by atoms with Gasteiger partial charge in [-0.15, -0.1) is 5.10 Å². The first-order valence-electron chi connectivity index (χ1n) is 7.80. The summed E-state index contributed by atoms with van der Waals surface area (Å²) in [6.07, 6.45) is 3.19. The van der Waals surface area contributed by atoms with E-state index >= 15 is 0 Å². The minimum Gasteiger partial charge on any atom is -0.481 e. The van der Waals surface area contributed by atoms with Gasteiger partial charge in [-0.3, -0.25) is 9.59 Å². The fourth-order valence-corrected chi connectivity index (χ4v) is 3.37. The first-order valence-corrected chi connectivity index (χ1v) is 8.55. The van der Waals surface area contributed by atoms with E-state index in [1.165, 1.54) is 10.9 Å². The molecule has 1 aromatic carbocycles. The van der Waals surface area contributed by atoms with E-state index in [2.05, 4.69) is 15.6 Å². The molecule has 2 atom stereocenters. The van der Waals surface area contributed by atoms with Crippen molar-refractivity contribution in [2.45, 2.75) is 31.8 Å². The highest BCUT2D eigenvalue weighted by Crippen LogP contribution is 2.26. The van der Waals surface area contributed by atoms with Crippen LogP contribution in [0.4, 0.5) is 0 Å². The molecule has 132 valence electrons. The Hall–Kier alpha value is -2.12. The van der Waals surface area contributed by atoms with E-state index in [-0.39, 0.29) is 17.6 Å². The van der Waals surface area contributed by atoms with Gasteiger partial charge in [-0.2, -0.15) is 0 Å². The Labute approximate surface area is 153 Å². The average Bonchev–Trinajstić information content (AvgIpc) is 3.19. The third-order valence-corrected chi connectivity index (χ3v) is 4.82. The van der Waals surface area contributed by atoms with Crippen LogP contribution < -0.4 is 5.32 Å². The summed E-state index contributed by atoms with van der Waals surface area (Å²) in [7, 11) is 0. The molecule has 2 aromatic rings. The molecule has 1 amide bonds. The highest BCUT2D eigenvalue weighted by Gasteiger charge is 2.31. The molecule has 9 heteroatoms. The number of carbonyl (C=O) groups is 2. The number of carboxylic acids is 1. The molecule has 1 saturated carbocycles. The van der Waals surface area contributed by atoms with Gasteiger partial charge in [0.05, 0.1) is 18.7 Å². The van der Waals surface area contributed by atoms with Crippen LogP contribution in [0.1, 0.15) is 35.3 Å². The number of rotatable bonds is 5. The maximum Gasteiger partial charge on any atom is 0.306 e. The Kier molecular flexibility index (Phi) is 5.24. The molecular weight excluding hydrogens is 367 g/mol. The lowest BCUT2D eigenvalue weighted by molar-refractivity contribution is -0.141. The van der Waals surface area contributed by atoms with Gasteiger partial charge in [-0.25, -0.2) is 4.68 Å². The van der Waals surface area contributed by atoms with Gasteiger partial charge in [0.15, 0.2) is 5.69 Å². The van der Waals surface area contributed by atoms with Gasteiger partial charge in [0.1, 0.15) is 0 Å². The second-order valence-electron chi connectivity index (χ2n) is 6.06. The summed E-state index contributed by atoms with van der Waals surface area (Å²) in [6.45, 7) is 0.362. The van der Waals surface area contributed by atoms with E-state index in [1.54, 1.807) is 18.2 Å². The first-order chi connectivity index (χ1) is 11.9. The van der Waals surface area contributed by atoms with Crippen molar-refractivity contribution in [3.63, 3.8) is 0 Å². The maximum atomic E-state index is 12.2. The van der Waals surface area contributed by atoms with Crippen LogP contribution in [0.3, 0.4) is 0 Å². The molecular formula is C16H16Cl2N4O3. The molecule has 0 radical (unpaired) electrons. The topological polar surface area (TPSA) is 97.1 Å². The number of hydrogen-bond acceptors (Lipinski definition) is 4. The van der Waals surface area contributed by atoms with E-state index in [1.807, 2.05) is 0 Å². The van der Waals surface area contributed by atoms with Crippen molar-refractivity contribution in [1.29, 1.82) is 0 Å². The molecule has 1 aliphatic rings. The van der Waals surface area contributed by atoms with E-state index in [9.17, 15) is 9.59 Å². The zero-order valence-corrected chi connectivity index (χ0v) is 14.7. The van der Waals surface area contributed by atoms with Crippen molar-refractivity contribution < 1.29 is 14.7 Å². The summed E-state index contributed by atoms with van der Waals surface area (Å²) in [4.78, 5) is 23.2. The van der Waals surface area contributed by atoms with Gasteiger partial charge in [-0.05, 0) is 37.0 Å². The average molecular weight is 383 g/mol. The zero-order valence-electron chi connectivity index (χ0n) is 13.2. The van der Waals surface area contributed by atoms with Crippen molar-refractivity contribution in [3.8, 4) is 0 Å². The monoisotopic (exact) mass is 382 g/mol. The van der Waals surface area contributed by atoms with Gasteiger partial charge in [0.25, 0.3) is 5.91 Å². The van der Waals surface area contributed by atoms with Gasteiger partial charge in [0.2, 0.25) is 0 Å². The molecule has 0 bridgehead atoms.